The van der Waals surface area contributed by atoms with E-state index < -0.39 is 0 Å². The van der Waals surface area contributed by atoms with Crippen molar-refractivity contribution in [3.8, 4) is 0 Å². The fourth-order valence-corrected chi connectivity index (χ4v) is 5.13. The monoisotopic (exact) mass is 385 g/mol. The lowest BCUT2D eigenvalue weighted by Gasteiger charge is -2.45. The molecule has 1 saturated heterocycles. The molecule has 0 aromatic rings. The highest BCUT2D eigenvalue weighted by Crippen LogP contribution is 2.42. The zero-order chi connectivity index (χ0) is 18.0. The van der Waals surface area contributed by atoms with E-state index in [2.05, 4.69) is 10.2 Å². The van der Waals surface area contributed by atoms with Gasteiger partial charge in [0.25, 0.3) is 0 Å². The van der Waals surface area contributed by atoms with Crippen LogP contribution in [0.1, 0.15) is 58.8 Å². The average Bonchev–Trinajstić information content (AvgIpc) is 2.59. The first-order valence-electron chi connectivity index (χ1n) is 10.3. The fraction of sp³-hybridized carbons (Fsp3) is 0.900. The van der Waals surface area contributed by atoms with Crippen molar-refractivity contribution < 1.29 is 9.59 Å². The number of hydrogen-bond donors (Lipinski definition) is 2. The molecule has 0 aromatic carbocycles. The molecule has 0 radical (unpaired) electrons. The van der Waals surface area contributed by atoms with Crippen LogP contribution in [0.4, 0.5) is 0 Å². The molecule has 1 aliphatic heterocycles. The summed E-state index contributed by atoms with van der Waals surface area (Å²) in [4.78, 5) is 26.9. The van der Waals surface area contributed by atoms with Gasteiger partial charge in [-0.2, -0.15) is 0 Å². The lowest BCUT2D eigenvalue weighted by atomic mass is 9.65. The topological polar surface area (TPSA) is 75.4 Å². The van der Waals surface area contributed by atoms with Gasteiger partial charge in [-0.1, -0.05) is 20.3 Å². The van der Waals surface area contributed by atoms with E-state index in [1.54, 1.807) is 0 Å². The highest BCUT2D eigenvalue weighted by molar-refractivity contribution is 5.85. The number of carbonyl (C=O) groups excluding carboxylic acids is 2. The van der Waals surface area contributed by atoms with Crippen molar-refractivity contribution >= 4 is 24.2 Å². The number of piperidine rings is 1. The molecule has 2 amide bonds. The van der Waals surface area contributed by atoms with Gasteiger partial charge < -0.3 is 16.0 Å². The SMILES string of the molecule is CC(C)C(=O)NCC1CCCN(C(=O)C2CC3CCCC(C2)C3N)C1.Cl. The van der Waals surface area contributed by atoms with E-state index in [0.29, 0.717) is 36.2 Å². The van der Waals surface area contributed by atoms with Crippen molar-refractivity contribution in [2.24, 2.45) is 35.3 Å². The predicted octanol–water partition coefficient (Wildman–Crippen LogP) is 2.57. The molecule has 26 heavy (non-hydrogen) atoms. The number of nitrogens with one attached hydrogen (secondary N) is 1. The lowest BCUT2D eigenvalue weighted by Crippen LogP contribution is -2.51. The standard InChI is InChI=1S/C20H35N3O2.ClH/c1-13(2)19(24)22-11-14-5-4-8-23(12-14)20(25)17-9-15-6-3-7-16(10-17)18(15)21;/h13-18H,3-12,21H2,1-2H3,(H,22,24);1H. The normalized spacial score (nSPS) is 34.2. The molecule has 5 nitrogen and oxygen atoms in total. The van der Waals surface area contributed by atoms with Crippen molar-refractivity contribution in [1.82, 2.24) is 10.2 Å². The second-order valence-corrected chi connectivity index (χ2v) is 8.89. The molecule has 1 heterocycles. The Morgan fingerprint density at radius 3 is 2.38 bits per heavy atom. The first-order valence-corrected chi connectivity index (χ1v) is 10.3. The third-order valence-electron chi connectivity index (χ3n) is 6.68. The zero-order valence-corrected chi connectivity index (χ0v) is 17.1. The minimum absolute atomic E-state index is 0. The Morgan fingerprint density at radius 1 is 1.12 bits per heavy atom. The summed E-state index contributed by atoms with van der Waals surface area (Å²) in [7, 11) is 0. The number of carbonyl (C=O) groups is 2. The van der Waals surface area contributed by atoms with Crippen LogP contribution < -0.4 is 11.1 Å². The summed E-state index contributed by atoms with van der Waals surface area (Å²) in [5.74, 6) is 2.15. The highest BCUT2D eigenvalue weighted by atomic mass is 35.5. The van der Waals surface area contributed by atoms with Crippen LogP contribution in [0, 0.1) is 29.6 Å². The number of hydrogen-bond acceptors (Lipinski definition) is 3. The Hall–Kier alpha value is -0.810. The first-order chi connectivity index (χ1) is 12.0. The van der Waals surface area contributed by atoms with Gasteiger partial charge in [-0.05, 0) is 56.3 Å². The van der Waals surface area contributed by atoms with Crippen LogP contribution in [0.15, 0.2) is 0 Å². The van der Waals surface area contributed by atoms with Gasteiger partial charge in [-0.3, -0.25) is 9.59 Å². The number of nitrogens with two attached hydrogens (primary N) is 1. The van der Waals surface area contributed by atoms with Crippen LogP contribution in [0.3, 0.4) is 0 Å². The van der Waals surface area contributed by atoms with Gasteiger partial charge >= 0.3 is 0 Å². The summed E-state index contributed by atoms with van der Waals surface area (Å²) in [6.07, 6.45) is 7.81. The summed E-state index contributed by atoms with van der Waals surface area (Å²) in [6.45, 7) is 6.20. The third kappa shape index (κ3) is 4.92. The maximum atomic E-state index is 13.1. The lowest BCUT2D eigenvalue weighted by molar-refractivity contribution is -0.140. The second kappa shape index (κ2) is 9.41. The van der Waals surface area contributed by atoms with E-state index in [4.69, 9.17) is 5.73 Å². The first kappa shape index (κ1) is 21.5. The fourth-order valence-electron chi connectivity index (χ4n) is 5.13. The molecular formula is C20H36ClN3O2. The second-order valence-electron chi connectivity index (χ2n) is 8.89. The number of rotatable bonds is 4. The number of likely N-dealkylation sites (tertiary alicyclic amines) is 1. The third-order valence-corrected chi connectivity index (χ3v) is 6.68. The Bertz CT molecular complexity index is 485. The van der Waals surface area contributed by atoms with Crippen molar-refractivity contribution in [1.29, 1.82) is 0 Å². The van der Waals surface area contributed by atoms with Crippen LogP contribution >= 0.6 is 12.4 Å². The van der Waals surface area contributed by atoms with E-state index in [0.717, 1.165) is 38.8 Å². The summed E-state index contributed by atoms with van der Waals surface area (Å²) in [6, 6.07) is 0.318. The zero-order valence-electron chi connectivity index (χ0n) is 16.3. The molecule has 150 valence electrons. The van der Waals surface area contributed by atoms with Gasteiger partial charge in [0.2, 0.25) is 11.8 Å². The van der Waals surface area contributed by atoms with Gasteiger partial charge in [0, 0.05) is 37.5 Å². The molecule has 0 spiro atoms. The molecule has 3 fully saturated rings. The van der Waals surface area contributed by atoms with E-state index in [-0.39, 0.29) is 30.2 Å². The van der Waals surface area contributed by atoms with Crippen LogP contribution in [0.5, 0.6) is 0 Å². The summed E-state index contributed by atoms with van der Waals surface area (Å²) < 4.78 is 0. The minimum atomic E-state index is 0. The van der Waals surface area contributed by atoms with Gasteiger partial charge in [-0.15, -0.1) is 12.4 Å². The van der Waals surface area contributed by atoms with E-state index in [1.165, 1.54) is 19.3 Å². The quantitative estimate of drug-likeness (QED) is 0.780. The largest absolute Gasteiger partial charge is 0.356 e. The molecule has 2 saturated carbocycles. The number of amides is 2. The number of halogens is 1. The van der Waals surface area contributed by atoms with Crippen molar-refractivity contribution in [3.63, 3.8) is 0 Å². The smallest absolute Gasteiger partial charge is 0.225 e. The molecule has 0 aromatic heterocycles. The van der Waals surface area contributed by atoms with Crippen LogP contribution in [0.25, 0.3) is 0 Å². The number of nitrogens with zero attached hydrogens (tertiary/aromatic N) is 1. The van der Waals surface area contributed by atoms with Crippen molar-refractivity contribution in [2.45, 2.75) is 64.8 Å². The van der Waals surface area contributed by atoms with E-state index in [9.17, 15) is 9.59 Å². The van der Waals surface area contributed by atoms with Gasteiger partial charge in [0.1, 0.15) is 0 Å². The molecule has 3 atom stereocenters. The minimum Gasteiger partial charge on any atom is -0.356 e. The summed E-state index contributed by atoms with van der Waals surface area (Å²) >= 11 is 0. The Labute approximate surface area is 164 Å². The van der Waals surface area contributed by atoms with Crippen molar-refractivity contribution in [2.75, 3.05) is 19.6 Å². The van der Waals surface area contributed by atoms with Gasteiger partial charge in [0.15, 0.2) is 0 Å². The Morgan fingerprint density at radius 2 is 1.77 bits per heavy atom. The van der Waals surface area contributed by atoms with Crippen LogP contribution in [0.2, 0.25) is 0 Å². The van der Waals surface area contributed by atoms with Gasteiger partial charge in [0.05, 0.1) is 0 Å². The molecule has 2 aliphatic carbocycles. The Kier molecular flexibility index (Phi) is 7.77. The molecule has 3 N–H and O–H groups in total. The van der Waals surface area contributed by atoms with Gasteiger partial charge in [-0.25, -0.2) is 0 Å². The van der Waals surface area contributed by atoms with E-state index in [1.807, 2.05) is 13.8 Å². The predicted molar refractivity (Wildman–Crippen MR) is 106 cm³/mol. The maximum absolute atomic E-state index is 13.1. The molecular weight excluding hydrogens is 350 g/mol. The molecule has 3 aliphatic rings. The van der Waals surface area contributed by atoms with Crippen molar-refractivity contribution in [3.05, 3.63) is 0 Å². The molecule has 6 heteroatoms. The summed E-state index contributed by atoms with van der Waals surface area (Å²) in [5.41, 5.74) is 6.37. The molecule has 2 bridgehead atoms. The van der Waals surface area contributed by atoms with Crippen LogP contribution in [-0.2, 0) is 9.59 Å². The highest BCUT2D eigenvalue weighted by Gasteiger charge is 2.42. The van der Waals surface area contributed by atoms with E-state index >= 15 is 0 Å². The number of fused-ring (bicyclic) bond motifs is 2. The average molecular weight is 386 g/mol. The van der Waals surface area contributed by atoms with Crippen LogP contribution in [-0.4, -0.2) is 42.4 Å². The maximum Gasteiger partial charge on any atom is 0.225 e. The molecule has 3 rings (SSSR count). The molecule has 3 unspecified atom stereocenters. The summed E-state index contributed by atoms with van der Waals surface area (Å²) in [5, 5.41) is 3.04. The Balaban J connectivity index is 0.00000243.